The summed E-state index contributed by atoms with van der Waals surface area (Å²) in [4.78, 5) is 16.3. The predicted octanol–water partition coefficient (Wildman–Crippen LogP) is 4.79. The van der Waals surface area contributed by atoms with Crippen molar-refractivity contribution in [2.45, 2.75) is 6.92 Å². The predicted molar refractivity (Wildman–Crippen MR) is 92.5 cm³/mol. The molecule has 22 heavy (non-hydrogen) atoms. The highest BCUT2D eigenvalue weighted by molar-refractivity contribution is 7.13. The number of thiazole rings is 1. The number of carbonyl (C=O) groups excluding carboxylic acids is 1. The molecular formula is C14H11Cl3N2O2S. The molecule has 0 fully saturated rings. The summed E-state index contributed by atoms with van der Waals surface area (Å²) in [6.07, 6.45) is 1.50. The van der Waals surface area contributed by atoms with Gasteiger partial charge in [0.1, 0.15) is 0 Å². The topological polar surface area (TPSA) is 65.2 Å². The molecule has 2 rings (SSSR count). The van der Waals surface area contributed by atoms with Crippen LogP contribution in [0.15, 0.2) is 17.5 Å². The number of hydrogen-bond donors (Lipinski definition) is 1. The normalized spacial score (nSPS) is 11.5. The Bertz CT molecular complexity index is 744. The van der Waals surface area contributed by atoms with E-state index in [-0.39, 0.29) is 17.2 Å². The Morgan fingerprint density at radius 1 is 1.36 bits per heavy atom. The molecule has 1 aromatic carbocycles. The first kappa shape index (κ1) is 17.1. The highest BCUT2D eigenvalue weighted by Crippen LogP contribution is 2.34. The van der Waals surface area contributed by atoms with Gasteiger partial charge in [0.25, 0.3) is 0 Å². The largest absolute Gasteiger partial charge is 0.462 e. The summed E-state index contributed by atoms with van der Waals surface area (Å²) in [7, 11) is 0. The number of nitrogens with two attached hydrogens (primary N) is 1. The molecule has 0 atom stereocenters. The second-order valence-corrected chi connectivity index (χ2v) is 6.19. The number of ether oxygens (including phenoxy) is 1. The molecule has 8 heteroatoms. The molecular weight excluding hydrogens is 367 g/mol. The number of nitrogen functional groups attached to an aromatic ring is 1. The van der Waals surface area contributed by atoms with E-state index in [0.29, 0.717) is 26.4 Å². The molecule has 0 unspecified atom stereocenters. The number of hydrogen-bond acceptors (Lipinski definition) is 5. The maximum absolute atomic E-state index is 12.2. The van der Waals surface area contributed by atoms with E-state index in [1.54, 1.807) is 24.4 Å². The number of anilines is 1. The molecule has 0 spiro atoms. The summed E-state index contributed by atoms with van der Waals surface area (Å²) in [6, 6.07) is 3.17. The Kier molecular flexibility index (Phi) is 5.69. The van der Waals surface area contributed by atoms with E-state index >= 15 is 0 Å². The van der Waals surface area contributed by atoms with E-state index in [4.69, 9.17) is 45.3 Å². The van der Waals surface area contributed by atoms with Crippen LogP contribution in [0.4, 0.5) is 5.13 Å². The molecule has 0 saturated heterocycles. The second-order valence-electron chi connectivity index (χ2n) is 4.11. The maximum Gasteiger partial charge on any atom is 0.340 e. The molecule has 116 valence electrons. The van der Waals surface area contributed by atoms with Crippen molar-refractivity contribution < 1.29 is 9.53 Å². The van der Waals surface area contributed by atoms with Crippen molar-refractivity contribution in [1.29, 1.82) is 0 Å². The standard InChI is InChI=1S/C14H11Cl3N2O2S/c1-2-21-13(20)8(11-6-22-14(18)19-11)5-7-9(15)3-4-10(16)12(7)17/h3-6H,2H2,1H3,(H2,18,19). The molecule has 2 aromatic rings. The van der Waals surface area contributed by atoms with Crippen LogP contribution in [0.1, 0.15) is 18.2 Å². The van der Waals surface area contributed by atoms with Crippen molar-refractivity contribution >= 4 is 68.9 Å². The molecule has 1 heterocycles. The zero-order chi connectivity index (χ0) is 16.3. The van der Waals surface area contributed by atoms with E-state index in [0.717, 1.165) is 0 Å². The van der Waals surface area contributed by atoms with Gasteiger partial charge in [0.15, 0.2) is 5.13 Å². The zero-order valence-electron chi connectivity index (χ0n) is 11.4. The molecule has 0 aliphatic rings. The lowest BCUT2D eigenvalue weighted by Gasteiger charge is -2.08. The van der Waals surface area contributed by atoms with E-state index in [1.807, 2.05) is 0 Å². The fourth-order valence-corrected chi connectivity index (χ4v) is 2.88. The van der Waals surface area contributed by atoms with E-state index in [9.17, 15) is 4.79 Å². The van der Waals surface area contributed by atoms with Crippen molar-refractivity contribution in [3.63, 3.8) is 0 Å². The molecule has 0 aliphatic heterocycles. The maximum atomic E-state index is 12.2. The fourth-order valence-electron chi connectivity index (χ4n) is 1.68. The van der Waals surface area contributed by atoms with Crippen molar-refractivity contribution in [3.05, 3.63) is 43.8 Å². The van der Waals surface area contributed by atoms with Gasteiger partial charge >= 0.3 is 5.97 Å². The van der Waals surface area contributed by atoms with Gasteiger partial charge < -0.3 is 10.5 Å². The number of benzene rings is 1. The highest BCUT2D eigenvalue weighted by Gasteiger charge is 2.18. The van der Waals surface area contributed by atoms with Crippen LogP contribution >= 0.6 is 46.1 Å². The lowest BCUT2D eigenvalue weighted by molar-refractivity contribution is -0.136. The minimum absolute atomic E-state index is 0.209. The number of nitrogens with zero attached hydrogens (tertiary/aromatic N) is 1. The molecule has 1 aromatic heterocycles. The Balaban J connectivity index is 2.59. The van der Waals surface area contributed by atoms with Crippen LogP contribution in [-0.4, -0.2) is 17.6 Å². The molecule has 0 amide bonds. The summed E-state index contributed by atoms with van der Waals surface area (Å²) in [5, 5.41) is 2.94. The summed E-state index contributed by atoms with van der Waals surface area (Å²) < 4.78 is 5.05. The van der Waals surface area contributed by atoms with Crippen molar-refractivity contribution in [3.8, 4) is 0 Å². The van der Waals surface area contributed by atoms with Crippen molar-refractivity contribution in [1.82, 2.24) is 4.98 Å². The summed E-state index contributed by atoms with van der Waals surface area (Å²) in [5.41, 5.74) is 6.65. The quantitative estimate of drug-likeness (QED) is 0.472. The Morgan fingerprint density at radius 2 is 2.05 bits per heavy atom. The average Bonchev–Trinajstić information content (AvgIpc) is 2.90. The number of rotatable bonds is 4. The third-order valence-corrected chi connectivity index (χ3v) is 4.48. The minimum Gasteiger partial charge on any atom is -0.462 e. The highest BCUT2D eigenvalue weighted by atomic mass is 35.5. The number of halogens is 3. The Hall–Kier alpha value is -1.27. The van der Waals surface area contributed by atoms with Gasteiger partial charge in [0, 0.05) is 16.0 Å². The fraction of sp³-hybridized carbons (Fsp3) is 0.143. The first-order valence-corrected chi connectivity index (χ1v) is 8.19. The van der Waals surface area contributed by atoms with Crippen molar-refractivity contribution in [2.24, 2.45) is 0 Å². The first-order chi connectivity index (χ1) is 10.4. The third-order valence-electron chi connectivity index (χ3n) is 2.66. The van der Waals surface area contributed by atoms with Gasteiger partial charge in [-0.05, 0) is 25.1 Å². The lowest BCUT2D eigenvalue weighted by Crippen LogP contribution is -2.07. The molecule has 0 aliphatic carbocycles. The van der Waals surface area contributed by atoms with Crippen molar-refractivity contribution in [2.75, 3.05) is 12.3 Å². The monoisotopic (exact) mass is 376 g/mol. The molecule has 0 saturated carbocycles. The number of esters is 1. The summed E-state index contributed by atoms with van der Waals surface area (Å²) in [6.45, 7) is 1.94. The Labute approximate surface area is 146 Å². The Morgan fingerprint density at radius 3 is 2.64 bits per heavy atom. The van der Waals surface area contributed by atoms with E-state index < -0.39 is 5.97 Å². The first-order valence-electron chi connectivity index (χ1n) is 6.17. The van der Waals surface area contributed by atoms with Gasteiger partial charge in [-0.3, -0.25) is 0 Å². The number of aromatic nitrogens is 1. The summed E-state index contributed by atoms with van der Waals surface area (Å²) in [5.74, 6) is -0.542. The molecule has 4 nitrogen and oxygen atoms in total. The van der Waals surface area contributed by atoms with E-state index in [1.165, 1.54) is 17.4 Å². The molecule has 0 bridgehead atoms. The van der Waals surface area contributed by atoms with Gasteiger partial charge in [-0.25, -0.2) is 9.78 Å². The van der Waals surface area contributed by atoms with Crippen LogP contribution in [0.2, 0.25) is 15.1 Å². The van der Waals surface area contributed by atoms with Crippen LogP contribution in [0.3, 0.4) is 0 Å². The SMILES string of the molecule is CCOC(=O)C(=Cc1c(Cl)ccc(Cl)c1Cl)c1csc(N)n1. The summed E-state index contributed by atoms with van der Waals surface area (Å²) >= 11 is 19.5. The van der Waals surface area contributed by atoms with Crippen LogP contribution < -0.4 is 5.73 Å². The van der Waals surface area contributed by atoms with Gasteiger partial charge in [0.2, 0.25) is 0 Å². The van der Waals surface area contributed by atoms with Gasteiger partial charge in [-0.15, -0.1) is 11.3 Å². The lowest BCUT2D eigenvalue weighted by atomic mass is 10.1. The third kappa shape index (κ3) is 3.73. The number of carbonyl (C=O) groups is 1. The van der Waals surface area contributed by atoms with Crippen LogP contribution in [0, 0.1) is 0 Å². The van der Waals surface area contributed by atoms with Crippen LogP contribution in [0.25, 0.3) is 11.6 Å². The van der Waals surface area contributed by atoms with Gasteiger partial charge in [-0.1, -0.05) is 34.8 Å². The molecule has 2 N–H and O–H groups in total. The van der Waals surface area contributed by atoms with Crippen LogP contribution in [-0.2, 0) is 9.53 Å². The minimum atomic E-state index is -0.542. The second kappa shape index (κ2) is 7.33. The van der Waals surface area contributed by atoms with Gasteiger partial charge in [0.05, 0.1) is 27.9 Å². The average molecular weight is 378 g/mol. The molecule has 0 radical (unpaired) electrons. The zero-order valence-corrected chi connectivity index (χ0v) is 14.5. The van der Waals surface area contributed by atoms with E-state index in [2.05, 4.69) is 4.98 Å². The smallest absolute Gasteiger partial charge is 0.340 e. The van der Waals surface area contributed by atoms with Gasteiger partial charge in [-0.2, -0.15) is 0 Å². The van der Waals surface area contributed by atoms with Crippen LogP contribution in [0.5, 0.6) is 0 Å².